The molecular weight excluding hydrogens is 442 g/mol. The second-order valence-corrected chi connectivity index (χ2v) is 11.4. The van der Waals surface area contributed by atoms with E-state index in [4.69, 9.17) is 16.3 Å². The van der Waals surface area contributed by atoms with Gasteiger partial charge in [-0.05, 0) is 99.5 Å². The van der Waals surface area contributed by atoms with Crippen LogP contribution in [0.2, 0.25) is 5.02 Å². The molecule has 3 saturated carbocycles. The van der Waals surface area contributed by atoms with Crippen LogP contribution in [0.1, 0.15) is 96.8 Å². The normalized spacial score (nSPS) is 32.2. The Balaban J connectivity index is 1.22. The molecule has 184 valence electrons. The topological polar surface area (TPSA) is 26.3 Å². The van der Waals surface area contributed by atoms with Gasteiger partial charge in [-0.2, -0.15) is 4.39 Å². The van der Waals surface area contributed by atoms with Crippen molar-refractivity contribution in [1.29, 1.82) is 0 Å². The van der Waals surface area contributed by atoms with Crippen molar-refractivity contribution in [3.05, 3.63) is 28.8 Å². The van der Waals surface area contributed by atoms with Gasteiger partial charge in [0.25, 0.3) is 0 Å². The zero-order valence-electron chi connectivity index (χ0n) is 20.0. The third-order valence-corrected chi connectivity index (χ3v) is 9.25. The molecule has 4 atom stereocenters. The average Bonchev–Trinajstić information content (AvgIpc) is 2.84. The van der Waals surface area contributed by atoms with E-state index in [2.05, 4.69) is 6.92 Å². The number of benzene rings is 1. The molecular formula is C28H39ClF2O2. The van der Waals surface area contributed by atoms with E-state index >= 15 is 0 Å². The summed E-state index contributed by atoms with van der Waals surface area (Å²) in [5.74, 6) is 0.914. The van der Waals surface area contributed by atoms with Crippen LogP contribution in [0.5, 0.6) is 5.75 Å². The molecule has 0 heterocycles. The largest absolute Gasteiger partial charge is 0.423 e. The molecule has 3 fully saturated rings. The lowest BCUT2D eigenvalue weighted by molar-refractivity contribution is -0.140. The molecule has 3 aliphatic rings. The van der Waals surface area contributed by atoms with E-state index in [0.717, 1.165) is 49.4 Å². The van der Waals surface area contributed by atoms with Crippen LogP contribution in [0.15, 0.2) is 12.1 Å². The number of fused-ring (bicyclic) bond motifs is 1. The lowest BCUT2D eigenvalue weighted by Crippen LogP contribution is -2.35. The minimum Gasteiger partial charge on any atom is -0.423 e. The van der Waals surface area contributed by atoms with Crippen molar-refractivity contribution < 1.29 is 18.3 Å². The van der Waals surface area contributed by atoms with Crippen LogP contribution >= 0.6 is 11.6 Å². The Hall–Kier alpha value is -1.16. The average molecular weight is 481 g/mol. The van der Waals surface area contributed by atoms with E-state index in [0.29, 0.717) is 5.92 Å². The summed E-state index contributed by atoms with van der Waals surface area (Å²) >= 11 is 5.58. The second-order valence-electron chi connectivity index (χ2n) is 11.0. The molecule has 1 aromatic carbocycles. The standard InChI is InChI=1S/C28H39ClF2O2/c1-2-3-4-5-18-6-7-23-17-22(13-12-21(23)16-18)19-8-10-20(11-9-19)28(32)33-25-15-14-24(29)26(30)27(25)31/h14-15,18-23H,2-13,16-17H2,1H3. The molecule has 0 spiro atoms. The quantitative estimate of drug-likeness (QED) is 0.169. The zero-order valence-corrected chi connectivity index (χ0v) is 20.7. The van der Waals surface area contributed by atoms with Gasteiger partial charge in [-0.3, -0.25) is 4.79 Å². The fourth-order valence-electron chi connectivity index (χ4n) is 7.00. The monoisotopic (exact) mass is 480 g/mol. The first-order valence-electron chi connectivity index (χ1n) is 13.3. The molecule has 0 saturated heterocycles. The third-order valence-electron chi connectivity index (χ3n) is 8.96. The summed E-state index contributed by atoms with van der Waals surface area (Å²) in [5.41, 5.74) is 0. The molecule has 0 amide bonds. The Bertz CT molecular complexity index is 805. The van der Waals surface area contributed by atoms with Crippen LogP contribution < -0.4 is 4.74 Å². The van der Waals surface area contributed by atoms with Gasteiger partial charge in [-0.25, -0.2) is 4.39 Å². The van der Waals surface area contributed by atoms with Gasteiger partial charge >= 0.3 is 5.97 Å². The van der Waals surface area contributed by atoms with Crippen molar-refractivity contribution in [2.24, 2.45) is 35.5 Å². The Morgan fingerprint density at radius 1 is 0.879 bits per heavy atom. The third kappa shape index (κ3) is 6.10. The Kier molecular flexibility index (Phi) is 8.70. The molecule has 33 heavy (non-hydrogen) atoms. The number of carbonyl (C=O) groups excluding carboxylic acids is 1. The highest BCUT2D eigenvalue weighted by atomic mass is 35.5. The van der Waals surface area contributed by atoms with Crippen LogP contribution in [0.4, 0.5) is 8.78 Å². The molecule has 0 N–H and O–H groups in total. The van der Waals surface area contributed by atoms with Crippen molar-refractivity contribution >= 4 is 17.6 Å². The minimum absolute atomic E-state index is 0.228. The van der Waals surface area contributed by atoms with E-state index in [-0.39, 0.29) is 16.7 Å². The van der Waals surface area contributed by atoms with Crippen molar-refractivity contribution in [2.75, 3.05) is 0 Å². The molecule has 0 radical (unpaired) electrons. The van der Waals surface area contributed by atoms with E-state index in [1.807, 2.05) is 0 Å². The molecule has 0 aromatic heterocycles. The maximum atomic E-state index is 14.0. The van der Waals surface area contributed by atoms with Gasteiger partial charge in [-0.1, -0.05) is 50.6 Å². The van der Waals surface area contributed by atoms with Crippen molar-refractivity contribution in [2.45, 2.75) is 96.8 Å². The first-order chi connectivity index (χ1) is 16.0. The lowest BCUT2D eigenvalue weighted by atomic mass is 9.60. The van der Waals surface area contributed by atoms with Gasteiger partial charge in [0, 0.05) is 0 Å². The number of carbonyl (C=O) groups is 1. The number of hydrogen-bond acceptors (Lipinski definition) is 2. The molecule has 5 heteroatoms. The van der Waals surface area contributed by atoms with E-state index in [9.17, 15) is 13.6 Å². The highest BCUT2D eigenvalue weighted by Gasteiger charge is 2.39. The molecule has 3 aliphatic carbocycles. The molecule has 1 aromatic rings. The van der Waals surface area contributed by atoms with Gasteiger partial charge < -0.3 is 4.74 Å². The Morgan fingerprint density at radius 3 is 2.24 bits per heavy atom. The minimum atomic E-state index is -1.19. The lowest BCUT2D eigenvalue weighted by Gasteiger charge is -2.45. The predicted octanol–water partition coefficient (Wildman–Crippen LogP) is 8.74. The van der Waals surface area contributed by atoms with Gasteiger partial charge in [0.05, 0.1) is 10.9 Å². The highest BCUT2D eigenvalue weighted by Crippen LogP contribution is 2.49. The first-order valence-corrected chi connectivity index (χ1v) is 13.7. The van der Waals surface area contributed by atoms with E-state index in [1.165, 1.54) is 76.3 Å². The summed E-state index contributed by atoms with van der Waals surface area (Å²) in [5, 5.41) is -0.312. The summed E-state index contributed by atoms with van der Waals surface area (Å²) in [6.45, 7) is 2.29. The Morgan fingerprint density at radius 2 is 1.52 bits per heavy atom. The summed E-state index contributed by atoms with van der Waals surface area (Å²) in [6.07, 6.45) is 17.6. The SMILES string of the molecule is CCCCCC1CCC2CC(C3CCC(C(=O)Oc4ccc(Cl)c(F)c4F)CC3)CCC2C1. The number of hydrogen-bond donors (Lipinski definition) is 0. The molecule has 2 nitrogen and oxygen atoms in total. The van der Waals surface area contributed by atoms with Crippen LogP contribution in [0.3, 0.4) is 0 Å². The summed E-state index contributed by atoms with van der Waals surface area (Å²) in [4.78, 5) is 12.6. The fourth-order valence-corrected chi connectivity index (χ4v) is 7.15. The first kappa shape index (κ1) is 24.9. The summed E-state index contributed by atoms with van der Waals surface area (Å²) in [6, 6.07) is 2.44. The summed E-state index contributed by atoms with van der Waals surface area (Å²) in [7, 11) is 0. The molecule has 4 unspecified atom stereocenters. The van der Waals surface area contributed by atoms with Crippen molar-refractivity contribution in [1.82, 2.24) is 0 Å². The van der Waals surface area contributed by atoms with Crippen LogP contribution in [-0.2, 0) is 4.79 Å². The second kappa shape index (κ2) is 11.5. The fraction of sp³-hybridized carbons (Fsp3) is 0.750. The number of esters is 1. The number of rotatable bonds is 7. The smallest absolute Gasteiger partial charge is 0.314 e. The van der Waals surface area contributed by atoms with Crippen LogP contribution in [0.25, 0.3) is 0 Å². The maximum Gasteiger partial charge on any atom is 0.314 e. The molecule has 0 bridgehead atoms. The Labute approximate surface area is 202 Å². The number of halogens is 3. The van der Waals surface area contributed by atoms with E-state index < -0.39 is 17.6 Å². The van der Waals surface area contributed by atoms with Gasteiger partial charge in [0.2, 0.25) is 5.82 Å². The number of ether oxygens (including phenoxy) is 1. The predicted molar refractivity (Wildman–Crippen MR) is 128 cm³/mol. The zero-order chi connectivity index (χ0) is 23.4. The highest BCUT2D eigenvalue weighted by molar-refractivity contribution is 6.30. The number of unbranched alkanes of at least 4 members (excludes halogenated alkanes) is 2. The molecule has 0 aliphatic heterocycles. The van der Waals surface area contributed by atoms with Crippen molar-refractivity contribution in [3.8, 4) is 5.75 Å². The maximum absolute atomic E-state index is 14.0. The molecule has 4 rings (SSSR count). The van der Waals surface area contributed by atoms with E-state index in [1.54, 1.807) is 0 Å². The van der Waals surface area contributed by atoms with Gasteiger partial charge in [-0.15, -0.1) is 0 Å². The van der Waals surface area contributed by atoms with Crippen molar-refractivity contribution in [3.63, 3.8) is 0 Å². The van der Waals surface area contributed by atoms with Crippen LogP contribution in [0, 0.1) is 47.1 Å². The van der Waals surface area contributed by atoms with Crippen LogP contribution in [-0.4, -0.2) is 5.97 Å². The van der Waals surface area contributed by atoms with Gasteiger partial charge in [0.1, 0.15) is 0 Å². The van der Waals surface area contributed by atoms with Gasteiger partial charge in [0.15, 0.2) is 11.6 Å². The summed E-state index contributed by atoms with van der Waals surface area (Å²) < 4.78 is 32.9.